The van der Waals surface area contributed by atoms with E-state index in [2.05, 4.69) is 36.4 Å². The molecule has 0 radical (unpaired) electrons. The molecule has 0 aliphatic heterocycles. The maximum absolute atomic E-state index is 14.1. The molecule has 0 aromatic heterocycles. The van der Waals surface area contributed by atoms with Crippen molar-refractivity contribution in [2.24, 2.45) is 0 Å². The van der Waals surface area contributed by atoms with E-state index < -0.39 is 12.5 Å². The van der Waals surface area contributed by atoms with Crippen LogP contribution in [-0.2, 0) is 9.53 Å². The quantitative estimate of drug-likeness (QED) is 0.293. The van der Waals surface area contributed by atoms with E-state index >= 15 is 0 Å². The van der Waals surface area contributed by atoms with Crippen molar-refractivity contribution in [1.82, 2.24) is 0 Å². The highest BCUT2D eigenvalue weighted by Crippen LogP contribution is 2.48. The van der Waals surface area contributed by atoms with Gasteiger partial charge in [-0.3, -0.25) is 0 Å². The Kier molecular flexibility index (Phi) is 6.67. The number of ether oxygens (including phenoxy) is 1. The van der Waals surface area contributed by atoms with Crippen molar-refractivity contribution in [2.75, 3.05) is 0 Å². The van der Waals surface area contributed by atoms with Crippen molar-refractivity contribution in [3.05, 3.63) is 127 Å². The van der Waals surface area contributed by atoms with Gasteiger partial charge in [0.15, 0.2) is 0 Å². The normalized spacial score (nSPS) is 11.6. The maximum Gasteiger partial charge on any atom is 0.340 e. The molecular formula is C30H29O2P. The standard InChI is InChI=1S/C30H29O2P/c1-30(2,3)32-29(31)28(24-16-8-4-9-17-24)33(25-18-10-5-11-19-25,26-20-12-6-13-21-26)27-22-14-7-15-23-27/h4-23H,1-3H3. The van der Waals surface area contributed by atoms with Crippen LogP contribution in [0, 0.1) is 0 Å². The first-order valence-corrected chi connectivity index (χ1v) is 12.9. The summed E-state index contributed by atoms with van der Waals surface area (Å²) in [6, 6.07) is 41.2. The average molecular weight is 453 g/mol. The molecule has 0 unspecified atom stereocenters. The largest absolute Gasteiger partial charge is 0.456 e. The number of benzene rings is 4. The van der Waals surface area contributed by atoms with Gasteiger partial charge in [-0.1, -0.05) is 121 Å². The maximum atomic E-state index is 14.1. The minimum atomic E-state index is -2.59. The number of hydrogen-bond donors (Lipinski definition) is 0. The van der Waals surface area contributed by atoms with Crippen molar-refractivity contribution in [1.29, 1.82) is 0 Å². The average Bonchev–Trinajstić information content (AvgIpc) is 2.83. The second kappa shape index (κ2) is 9.65. The Morgan fingerprint density at radius 2 is 0.909 bits per heavy atom. The number of hydrogen-bond acceptors (Lipinski definition) is 2. The fourth-order valence-electron chi connectivity index (χ4n) is 4.16. The molecule has 0 atom stereocenters. The molecule has 4 rings (SSSR count). The van der Waals surface area contributed by atoms with Gasteiger partial charge >= 0.3 is 5.97 Å². The molecular weight excluding hydrogens is 423 g/mol. The predicted molar refractivity (Wildman–Crippen MR) is 142 cm³/mol. The van der Waals surface area contributed by atoms with Crippen LogP contribution < -0.4 is 15.9 Å². The minimum absolute atomic E-state index is 0.279. The van der Waals surface area contributed by atoms with Crippen molar-refractivity contribution >= 4 is 34.1 Å². The number of esters is 1. The summed E-state index contributed by atoms with van der Waals surface area (Å²) in [6.07, 6.45) is 0. The summed E-state index contributed by atoms with van der Waals surface area (Å²) in [5, 5.41) is 4.06. The zero-order chi connectivity index (χ0) is 23.3. The van der Waals surface area contributed by atoms with Gasteiger partial charge in [0.2, 0.25) is 0 Å². The third kappa shape index (κ3) is 4.72. The fourth-order valence-corrected chi connectivity index (χ4v) is 8.54. The van der Waals surface area contributed by atoms with Gasteiger partial charge in [-0.15, -0.1) is 0 Å². The first-order chi connectivity index (χ1) is 15.9. The molecule has 0 fully saturated rings. The Morgan fingerprint density at radius 3 is 1.24 bits per heavy atom. The Labute approximate surface area is 196 Å². The van der Waals surface area contributed by atoms with Crippen LogP contribution in [0.3, 0.4) is 0 Å². The van der Waals surface area contributed by atoms with Gasteiger partial charge in [0.1, 0.15) is 5.60 Å². The fraction of sp³-hybridized carbons (Fsp3) is 0.133. The lowest BCUT2D eigenvalue weighted by Crippen LogP contribution is -2.37. The SMILES string of the molecule is CC(C)(C)OC(=O)C(c1ccccc1)=P(c1ccccc1)(c1ccccc1)c1ccccc1. The van der Waals surface area contributed by atoms with E-state index in [4.69, 9.17) is 4.74 Å². The molecule has 0 aliphatic carbocycles. The van der Waals surface area contributed by atoms with Gasteiger partial charge in [-0.25, -0.2) is 4.79 Å². The van der Waals surface area contributed by atoms with E-state index in [-0.39, 0.29) is 5.97 Å². The molecule has 0 heterocycles. The number of carbonyl (C=O) groups excluding carboxylic acids is 1. The van der Waals surface area contributed by atoms with Gasteiger partial charge in [-0.05, 0) is 49.1 Å². The van der Waals surface area contributed by atoms with Crippen LogP contribution in [0.5, 0.6) is 0 Å². The molecule has 0 aliphatic rings. The van der Waals surface area contributed by atoms with Gasteiger partial charge in [0.05, 0.1) is 5.29 Å². The molecule has 2 nitrogen and oxygen atoms in total. The predicted octanol–water partition coefficient (Wildman–Crippen LogP) is 5.54. The molecule has 0 saturated carbocycles. The van der Waals surface area contributed by atoms with Gasteiger partial charge in [0.25, 0.3) is 0 Å². The Balaban J connectivity index is 2.27. The zero-order valence-electron chi connectivity index (χ0n) is 19.3. The van der Waals surface area contributed by atoms with E-state index in [0.29, 0.717) is 5.29 Å². The highest BCUT2D eigenvalue weighted by molar-refractivity contribution is 7.96. The molecule has 0 N–H and O–H groups in total. The lowest BCUT2D eigenvalue weighted by atomic mass is 10.1. The second-order valence-corrected chi connectivity index (χ2v) is 12.2. The molecule has 4 aromatic rings. The Bertz CT molecular complexity index is 1150. The summed E-state index contributed by atoms with van der Waals surface area (Å²) in [6.45, 7) is 3.17. The second-order valence-electron chi connectivity index (χ2n) is 8.89. The van der Waals surface area contributed by atoms with Crippen molar-refractivity contribution in [3.8, 4) is 0 Å². The summed E-state index contributed by atoms with van der Waals surface area (Å²) < 4.78 is 6.08. The molecule has 3 heteroatoms. The smallest absolute Gasteiger partial charge is 0.340 e. The topological polar surface area (TPSA) is 26.3 Å². The minimum Gasteiger partial charge on any atom is -0.456 e. The third-order valence-electron chi connectivity index (χ3n) is 5.41. The highest BCUT2D eigenvalue weighted by Gasteiger charge is 2.35. The van der Waals surface area contributed by atoms with Crippen LogP contribution >= 0.6 is 6.89 Å². The van der Waals surface area contributed by atoms with E-state index in [1.807, 2.05) is 106 Å². The Morgan fingerprint density at radius 1 is 0.576 bits per heavy atom. The van der Waals surface area contributed by atoms with Crippen LogP contribution in [-0.4, -0.2) is 16.9 Å². The first-order valence-electron chi connectivity index (χ1n) is 11.1. The molecule has 0 bridgehead atoms. The van der Waals surface area contributed by atoms with Crippen LogP contribution in [0.15, 0.2) is 121 Å². The van der Waals surface area contributed by atoms with Crippen LogP contribution in [0.25, 0.3) is 0 Å². The molecule has 33 heavy (non-hydrogen) atoms. The van der Waals surface area contributed by atoms with Crippen molar-refractivity contribution in [2.45, 2.75) is 26.4 Å². The molecule has 4 aromatic carbocycles. The third-order valence-corrected chi connectivity index (χ3v) is 9.74. The van der Waals surface area contributed by atoms with E-state index in [9.17, 15) is 4.79 Å². The molecule has 0 saturated heterocycles. The summed E-state index contributed by atoms with van der Waals surface area (Å²) in [5.74, 6) is -0.279. The van der Waals surface area contributed by atoms with Crippen LogP contribution in [0.4, 0.5) is 0 Å². The molecule has 166 valence electrons. The summed E-state index contributed by atoms with van der Waals surface area (Å²) in [7, 11) is 0. The number of carbonyl (C=O) groups is 1. The van der Waals surface area contributed by atoms with Crippen LogP contribution in [0.2, 0.25) is 0 Å². The lowest BCUT2D eigenvalue weighted by molar-refractivity contribution is -0.145. The molecule has 0 amide bonds. The first kappa shape index (κ1) is 22.8. The Hall–Kier alpha value is -3.35. The van der Waals surface area contributed by atoms with Crippen molar-refractivity contribution < 1.29 is 9.53 Å². The van der Waals surface area contributed by atoms with E-state index in [0.717, 1.165) is 21.5 Å². The van der Waals surface area contributed by atoms with Gasteiger partial charge < -0.3 is 4.74 Å². The summed E-state index contributed by atoms with van der Waals surface area (Å²) >= 11 is 0. The highest BCUT2D eigenvalue weighted by atomic mass is 31.2. The van der Waals surface area contributed by atoms with E-state index in [1.54, 1.807) is 0 Å². The summed E-state index contributed by atoms with van der Waals surface area (Å²) in [4.78, 5) is 14.1. The zero-order valence-corrected chi connectivity index (χ0v) is 20.2. The van der Waals surface area contributed by atoms with Crippen molar-refractivity contribution in [3.63, 3.8) is 0 Å². The lowest BCUT2D eigenvalue weighted by Gasteiger charge is -2.33. The van der Waals surface area contributed by atoms with Gasteiger partial charge in [-0.2, -0.15) is 0 Å². The summed E-state index contributed by atoms with van der Waals surface area (Å²) in [5.41, 5.74) is 0.272. The van der Waals surface area contributed by atoms with Gasteiger partial charge in [0, 0.05) is 0 Å². The van der Waals surface area contributed by atoms with E-state index in [1.165, 1.54) is 0 Å². The molecule has 0 spiro atoms. The monoisotopic (exact) mass is 452 g/mol. The van der Waals surface area contributed by atoms with Crippen LogP contribution in [0.1, 0.15) is 26.3 Å². The number of rotatable bonds is 5.